The van der Waals surface area contributed by atoms with Crippen molar-refractivity contribution >= 4 is 17.6 Å². The van der Waals surface area contributed by atoms with Crippen LogP contribution in [0.2, 0.25) is 0 Å². The third-order valence-corrected chi connectivity index (χ3v) is 5.76. The van der Waals surface area contributed by atoms with Crippen molar-refractivity contribution in [1.29, 1.82) is 0 Å². The number of hydrogen-bond acceptors (Lipinski definition) is 6. The zero-order valence-corrected chi connectivity index (χ0v) is 21.5. The second kappa shape index (κ2) is 11.1. The van der Waals surface area contributed by atoms with E-state index in [2.05, 4.69) is 11.4 Å². The summed E-state index contributed by atoms with van der Waals surface area (Å²) in [5.74, 6) is 0.311. The highest BCUT2D eigenvalue weighted by Gasteiger charge is 2.25. The molecule has 0 fully saturated rings. The molecule has 0 aliphatic rings. The first kappa shape index (κ1) is 25.7. The van der Waals surface area contributed by atoms with Gasteiger partial charge in [0.1, 0.15) is 18.1 Å². The quantitative estimate of drug-likeness (QED) is 0.329. The van der Waals surface area contributed by atoms with Crippen LogP contribution in [0.25, 0.3) is 28.1 Å². The molecule has 3 aromatic carbocycles. The van der Waals surface area contributed by atoms with Crippen molar-refractivity contribution in [2.75, 3.05) is 26.1 Å². The van der Waals surface area contributed by atoms with Crippen LogP contribution >= 0.6 is 0 Å². The number of benzene rings is 3. The van der Waals surface area contributed by atoms with E-state index in [1.165, 1.54) is 14.0 Å². The number of esters is 1. The van der Waals surface area contributed by atoms with Gasteiger partial charge in [-0.25, -0.2) is 0 Å². The number of nitrogens with zero attached hydrogens (tertiary/aromatic N) is 2. The predicted octanol–water partition coefficient (Wildman–Crippen LogP) is 5.34. The number of hydrogen-bond donors (Lipinski definition) is 1. The van der Waals surface area contributed by atoms with Gasteiger partial charge in [-0.2, -0.15) is 9.78 Å². The molecule has 1 heterocycles. The van der Waals surface area contributed by atoms with E-state index in [1.807, 2.05) is 62.4 Å². The van der Waals surface area contributed by atoms with Crippen molar-refractivity contribution in [3.05, 3.63) is 77.9 Å². The fourth-order valence-electron chi connectivity index (χ4n) is 4.10. The van der Waals surface area contributed by atoms with Gasteiger partial charge in [0, 0.05) is 25.3 Å². The van der Waals surface area contributed by atoms with E-state index >= 15 is 0 Å². The van der Waals surface area contributed by atoms with Crippen molar-refractivity contribution in [3.8, 4) is 39.7 Å². The van der Waals surface area contributed by atoms with E-state index in [0.29, 0.717) is 22.8 Å². The molecular weight excluding hydrogens is 470 g/mol. The van der Waals surface area contributed by atoms with E-state index in [0.717, 1.165) is 33.7 Å². The summed E-state index contributed by atoms with van der Waals surface area (Å²) in [7, 11) is 3.08. The van der Waals surface area contributed by atoms with Gasteiger partial charge in [0.15, 0.2) is 0 Å². The van der Waals surface area contributed by atoms with Crippen LogP contribution < -0.4 is 14.8 Å². The number of carbonyl (C=O) groups excluding carboxylic acids is 2. The number of methoxy groups -OCH3 is 2. The van der Waals surface area contributed by atoms with Gasteiger partial charge in [0.25, 0.3) is 0 Å². The largest absolute Gasteiger partial charge is 0.497 e. The lowest BCUT2D eigenvalue weighted by Gasteiger charge is -2.12. The molecule has 37 heavy (non-hydrogen) atoms. The first-order valence-corrected chi connectivity index (χ1v) is 11.7. The average Bonchev–Trinajstić information content (AvgIpc) is 3.22. The number of aryl methyl sites for hydroxylation is 2. The molecule has 4 rings (SSSR count). The highest BCUT2D eigenvalue weighted by atomic mass is 16.5. The highest BCUT2D eigenvalue weighted by molar-refractivity contribution is 5.93. The van der Waals surface area contributed by atoms with Crippen LogP contribution in [0.3, 0.4) is 0 Å². The minimum Gasteiger partial charge on any atom is -0.497 e. The van der Waals surface area contributed by atoms with Crippen LogP contribution in [0.4, 0.5) is 5.69 Å². The van der Waals surface area contributed by atoms with Gasteiger partial charge in [-0.1, -0.05) is 29.8 Å². The zero-order chi connectivity index (χ0) is 26.5. The van der Waals surface area contributed by atoms with Crippen LogP contribution in [0.15, 0.2) is 66.7 Å². The molecule has 8 nitrogen and oxygen atoms in total. The van der Waals surface area contributed by atoms with Gasteiger partial charge in [-0.3, -0.25) is 9.59 Å². The van der Waals surface area contributed by atoms with E-state index in [-0.39, 0.29) is 12.5 Å². The van der Waals surface area contributed by atoms with E-state index in [1.54, 1.807) is 23.9 Å². The molecule has 1 aromatic heterocycles. The number of ether oxygens (including phenoxy) is 3. The van der Waals surface area contributed by atoms with Crippen molar-refractivity contribution in [2.24, 2.45) is 0 Å². The van der Waals surface area contributed by atoms with Crippen LogP contribution in [0.1, 0.15) is 18.1 Å². The Morgan fingerprint density at radius 3 is 2.19 bits per heavy atom. The maximum absolute atomic E-state index is 12.2. The molecule has 0 spiro atoms. The van der Waals surface area contributed by atoms with Crippen molar-refractivity contribution in [3.63, 3.8) is 0 Å². The lowest BCUT2D eigenvalue weighted by atomic mass is 10.0. The second-order valence-electron chi connectivity index (χ2n) is 8.61. The van der Waals surface area contributed by atoms with E-state index in [4.69, 9.17) is 19.3 Å². The second-order valence-corrected chi connectivity index (χ2v) is 8.61. The Morgan fingerprint density at radius 2 is 1.59 bits per heavy atom. The Balaban J connectivity index is 1.92. The van der Waals surface area contributed by atoms with Crippen molar-refractivity contribution in [1.82, 2.24) is 9.78 Å². The maximum atomic E-state index is 12.2. The summed E-state index contributed by atoms with van der Waals surface area (Å²) < 4.78 is 17.7. The van der Waals surface area contributed by atoms with Gasteiger partial charge < -0.3 is 19.5 Å². The molecule has 4 aromatic rings. The van der Waals surface area contributed by atoms with Crippen LogP contribution in [0, 0.1) is 13.8 Å². The first-order valence-electron chi connectivity index (χ1n) is 11.7. The third-order valence-electron chi connectivity index (χ3n) is 5.76. The van der Waals surface area contributed by atoms with Gasteiger partial charge >= 0.3 is 5.97 Å². The van der Waals surface area contributed by atoms with Gasteiger partial charge in [0.05, 0.1) is 18.4 Å². The molecule has 0 bridgehead atoms. The number of nitrogens with one attached hydrogen (secondary N) is 1. The Bertz CT molecular complexity index is 1420. The predicted molar refractivity (Wildman–Crippen MR) is 142 cm³/mol. The minimum atomic E-state index is -0.461. The summed E-state index contributed by atoms with van der Waals surface area (Å²) in [5.41, 5.74) is 6.39. The highest BCUT2D eigenvalue weighted by Crippen LogP contribution is 2.42. The Kier molecular flexibility index (Phi) is 7.69. The SMILES string of the molecule is COCC(=O)Nc1ccc(-c2c(-c3ccc(OC)cc3)nn(-c3ccc(C)cc3C)c2OC(C)=O)cc1. The zero-order valence-electron chi connectivity index (χ0n) is 21.5. The Labute approximate surface area is 215 Å². The molecule has 8 heteroatoms. The molecule has 0 aliphatic carbocycles. The lowest BCUT2D eigenvalue weighted by molar-refractivity contribution is -0.132. The number of carbonyl (C=O) groups is 2. The molecule has 1 amide bonds. The molecule has 0 saturated heterocycles. The summed E-state index contributed by atoms with van der Waals surface area (Å²) in [6.07, 6.45) is 0. The number of aromatic nitrogens is 2. The molecule has 0 saturated carbocycles. The third kappa shape index (κ3) is 5.70. The fourth-order valence-corrected chi connectivity index (χ4v) is 4.10. The minimum absolute atomic E-state index is 0.0390. The molecular formula is C29H29N3O5. The Hall–Kier alpha value is -4.43. The number of anilines is 1. The smallest absolute Gasteiger partial charge is 0.309 e. The number of rotatable bonds is 8. The van der Waals surface area contributed by atoms with Crippen molar-refractivity contribution < 1.29 is 23.8 Å². The summed E-state index contributed by atoms with van der Waals surface area (Å²) in [5, 5.41) is 7.72. The van der Waals surface area contributed by atoms with Gasteiger partial charge in [0.2, 0.25) is 11.8 Å². The fraction of sp³-hybridized carbons (Fsp3) is 0.207. The summed E-state index contributed by atoms with van der Waals surface area (Å²) in [6, 6.07) is 20.8. The van der Waals surface area contributed by atoms with E-state index < -0.39 is 5.97 Å². The standard InChI is InChI=1S/C29H29N3O5/c1-18-6-15-25(19(2)16-18)32-29(37-20(3)33)27(28(31-32)22-9-13-24(36-5)14-10-22)21-7-11-23(12-8-21)30-26(34)17-35-4/h6-16H,17H2,1-5H3,(H,30,34). The van der Waals surface area contributed by atoms with E-state index in [9.17, 15) is 9.59 Å². The average molecular weight is 500 g/mol. The molecule has 0 atom stereocenters. The Morgan fingerprint density at radius 1 is 0.919 bits per heavy atom. The molecule has 0 radical (unpaired) electrons. The molecule has 0 aliphatic heterocycles. The van der Waals surface area contributed by atoms with Crippen molar-refractivity contribution in [2.45, 2.75) is 20.8 Å². The molecule has 1 N–H and O–H groups in total. The monoisotopic (exact) mass is 499 g/mol. The summed E-state index contributed by atoms with van der Waals surface area (Å²) >= 11 is 0. The normalized spacial score (nSPS) is 10.7. The van der Waals surface area contributed by atoms with Gasteiger partial charge in [-0.15, -0.1) is 0 Å². The van der Waals surface area contributed by atoms with Crippen LogP contribution in [-0.2, 0) is 14.3 Å². The molecule has 0 unspecified atom stereocenters. The number of amides is 1. The van der Waals surface area contributed by atoms with Crippen LogP contribution in [-0.4, -0.2) is 42.5 Å². The maximum Gasteiger partial charge on any atom is 0.309 e. The van der Waals surface area contributed by atoms with Gasteiger partial charge in [-0.05, 0) is 67.4 Å². The summed E-state index contributed by atoms with van der Waals surface area (Å²) in [6.45, 7) is 5.34. The lowest BCUT2D eigenvalue weighted by Crippen LogP contribution is -2.16. The first-order chi connectivity index (χ1) is 17.8. The van der Waals surface area contributed by atoms with Crippen LogP contribution in [0.5, 0.6) is 11.6 Å². The molecule has 190 valence electrons. The summed E-state index contributed by atoms with van der Waals surface area (Å²) in [4.78, 5) is 24.2. The topological polar surface area (TPSA) is 91.7 Å².